The fourth-order valence-electron chi connectivity index (χ4n) is 2.84. The summed E-state index contributed by atoms with van der Waals surface area (Å²) in [6.45, 7) is 3.57. The van der Waals surface area contributed by atoms with Gasteiger partial charge >= 0.3 is 0 Å². The third kappa shape index (κ3) is 3.77. The summed E-state index contributed by atoms with van der Waals surface area (Å²) in [7, 11) is 0. The van der Waals surface area contributed by atoms with Gasteiger partial charge in [0.2, 0.25) is 0 Å². The van der Waals surface area contributed by atoms with E-state index in [-0.39, 0.29) is 10.6 Å². The van der Waals surface area contributed by atoms with E-state index >= 15 is 0 Å². The summed E-state index contributed by atoms with van der Waals surface area (Å²) in [5.41, 5.74) is 6.75. The van der Waals surface area contributed by atoms with E-state index in [1.165, 1.54) is 18.9 Å². The van der Waals surface area contributed by atoms with Crippen LogP contribution in [0.25, 0.3) is 0 Å². The van der Waals surface area contributed by atoms with Gasteiger partial charge in [0.15, 0.2) is 0 Å². The second-order valence-electron chi connectivity index (χ2n) is 5.33. The molecular weight excluding hydrogens is 322 g/mol. The highest BCUT2D eigenvalue weighted by Crippen LogP contribution is 2.30. The van der Waals surface area contributed by atoms with E-state index in [1.807, 2.05) is 6.07 Å². The van der Waals surface area contributed by atoms with Gasteiger partial charge in [0.25, 0.3) is 5.69 Å². The van der Waals surface area contributed by atoms with E-state index in [9.17, 15) is 10.1 Å². The summed E-state index contributed by atoms with van der Waals surface area (Å²) >= 11 is 3.37. The minimum Gasteiger partial charge on any atom is -0.330 e. The number of benzene rings is 1. The van der Waals surface area contributed by atoms with Gasteiger partial charge in [0, 0.05) is 19.2 Å². The summed E-state index contributed by atoms with van der Waals surface area (Å²) in [4.78, 5) is 13.0. The normalized spacial score (nSPS) is 20.0. The number of nitro benzene ring substituents is 1. The SMILES string of the molecule is NCCC1CCCN(Cc2cccc([N+](=O)[O-])c2Br)C1. The van der Waals surface area contributed by atoms with Crippen LogP contribution in [0.3, 0.4) is 0 Å². The number of nitrogens with two attached hydrogens (primary N) is 1. The quantitative estimate of drug-likeness (QED) is 0.660. The van der Waals surface area contributed by atoms with Crippen molar-refractivity contribution in [1.82, 2.24) is 4.90 Å². The molecule has 0 bridgehead atoms. The first-order chi connectivity index (χ1) is 9.61. The number of nitro groups is 1. The highest BCUT2D eigenvalue weighted by Gasteiger charge is 2.21. The lowest BCUT2D eigenvalue weighted by Crippen LogP contribution is -2.35. The molecule has 1 aliphatic rings. The Labute approximate surface area is 127 Å². The summed E-state index contributed by atoms with van der Waals surface area (Å²) in [6, 6.07) is 5.23. The van der Waals surface area contributed by atoms with Crippen molar-refractivity contribution in [2.45, 2.75) is 25.8 Å². The van der Waals surface area contributed by atoms with Gasteiger partial charge in [-0.3, -0.25) is 15.0 Å². The Hall–Kier alpha value is -0.980. The maximum atomic E-state index is 11.0. The molecule has 6 heteroatoms. The topological polar surface area (TPSA) is 72.4 Å². The molecule has 0 radical (unpaired) electrons. The number of halogens is 1. The maximum absolute atomic E-state index is 11.0. The van der Waals surface area contributed by atoms with E-state index in [2.05, 4.69) is 20.8 Å². The predicted octanol–water partition coefficient (Wildman–Crippen LogP) is 2.92. The third-order valence-corrected chi connectivity index (χ3v) is 4.74. The van der Waals surface area contributed by atoms with Gasteiger partial charge in [-0.2, -0.15) is 0 Å². The first kappa shape index (κ1) is 15.4. The van der Waals surface area contributed by atoms with Crippen LogP contribution < -0.4 is 5.73 Å². The van der Waals surface area contributed by atoms with Crippen LogP contribution >= 0.6 is 15.9 Å². The standard InChI is InChI=1S/C14H20BrN3O2/c15-14-12(4-1-5-13(14)18(19)20)10-17-8-2-3-11(9-17)6-7-16/h1,4-5,11H,2-3,6-10,16H2. The van der Waals surface area contributed by atoms with Crippen LogP contribution in [0.5, 0.6) is 0 Å². The summed E-state index contributed by atoms with van der Waals surface area (Å²) in [5.74, 6) is 0.659. The van der Waals surface area contributed by atoms with Crippen molar-refractivity contribution in [2.75, 3.05) is 19.6 Å². The lowest BCUT2D eigenvalue weighted by Gasteiger charge is -2.32. The Morgan fingerprint density at radius 2 is 2.30 bits per heavy atom. The van der Waals surface area contributed by atoms with E-state index < -0.39 is 0 Å². The summed E-state index contributed by atoms with van der Waals surface area (Å²) in [6.07, 6.45) is 3.48. The van der Waals surface area contributed by atoms with Crippen LogP contribution in [0, 0.1) is 16.0 Å². The molecule has 2 N–H and O–H groups in total. The van der Waals surface area contributed by atoms with Crippen LogP contribution in [0.15, 0.2) is 22.7 Å². The van der Waals surface area contributed by atoms with Gasteiger partial charge < -0.3 is 5.73 Å². The molecular formula is C14H20BrN3O2. The largest absolute Gasteiger partial charge is 0.330 e. The van der Waals surface area contributed by atoms with Gasteiger partial charge in [0.1, 0.15) is 0 Å². The highest BCUT2D eigenvalue weighted by atomic mass is 79.9. The van der Waals surface area contributed by atoms with Gasteiger partial charge in [-0.25, -0.2) is 0 Å². The Bertz CT molecular complexity index is 479. The maximum Gasteiger partial charge on any atom is 0.283 e. The van der Waals surface area contributed by atoms with Crippen molar-refractivity contribution >= 4 is 21.6 Å². The molecule has 1 aromatic rings. The molecule has 0 spiro atoms. The zero-order valence-corrected chi connectivity index (χ0v) is 13.0. The van der Waals surface area contributed by atoms with Crippen LogP contribution in [0.2, 0.25) is 0 Å². The fourth-order valence-corrected chi connectivity index (χ4v) is 3.37. The highest BCUT2D eigenvalue weighted by molar-refractivity contribution is 9.10. The van der Waals surface area contributed by atoms with Gasteiger partial charge in [-0.05, 0) is 59.8 Å². The molecule has 20 heavy (non-hydrogen) atoms. The number of piperidine rings is 1. The van der Waals surface area contributed by atoms with Gasteiger partial charge in [-0.15, -0.1) is 0 Å². The first-order valence-corrected chi connectivity index (χ1v) is 7.75. The van der Waals surface area contributed by atoms with E-state index in [0.29, 0.717) is 10.4 Å². The first-order valence-electron chi connectivity index (χ1n) is 6.96. The molecule has 110 valence electrons. The second-order valence-corrected chi connectivity index (χ2v) is 6.12. The van der Waals surface area contributed by atoms with E-state index in [1.54, 1.807) is 6.07 Å². The van der Waals surface area contributed by atoms with Crippen LogP contribution in [0.1, 0.15) is 24.8 Å². The van der Waals surface area contributed by atoms with Crippen LogP contribution in [0.4, 0.5) is 5.69 Å². The monoisotopic (exact) mass is 341 g/mol. The minimum absolute atomic E-state index is 0.137. The molecule has 0 saturated carbocycles. The lowest BCUT2D eigenvalue weighted by atomic mass is 9.94. The molecule has 0 aliphatic carbocycles. The molecule has 1 unspecified atom stereocenters. The number of hydrogen-bond acceptors (Lipinski definition) is 4. The summed E-state index contributed by atoms with van der Waals surface area (Å²) < 4.78 is 0.603. The Morgan fingerprint density at radius 3 is 3.00 bits per heavy atom. The van der Waals surface area contributed by atoms with Gasteiger partial charge in [-0.1, -0.05) is 12.1 Å². The fraction of sp³-hybridized carbons (Fsp3) is 0.571. The molecule has 2 rings (SSSR count). The second kappa shape index (κ2) is 7.15. The smallest absolute Gasteiger partial charge is 0.283 e. The van der Waals surface area contributed by atoms with E-state index in [4.69, 9.17) is 5.73 Å². The molecule has 1 aromatic carbocycles. The number of nitrogens with zero attached hydrogens (tertiary/aromatic N) is 2. The Balaban J connectivity index is 2.06. The zero-order valence-electron chi connectivity index (χ0n) is 11.4. The lowest BCUT2D eigenvalue weighted by molar-refractivity contribution is -0.385. The molecule has 1 fully saturated rings. The number of hydrogen-bond donors (Lipinski definition) is 1. The van der Waals surface area contributed by atoms with E-state index in [0.717, 1.165) is 38.2 Å². The molecule has 1 heterocycles. The molecule has 1 atom stereocenters. The summed E-state index contributed by atoms with van der Waals surface area (Å²) in [5, 5.41) is 11.0. The van der Waals surface area contributed by atoms with Crippen molar-refractivity contribution in [3.63, 3.8) is 0 Å². The molecule has 0 aromatic heterocycles. The van der Waals surface area contributed by atoms with Crippen LogP contribution in [-0.4, -0.2) is 29.5 Å². The average molecular weight is 342 g/mol. The third-order valence-electron chi connectivity index (χ3n) is 3.83. The average Bonchev–Trinajstić information content (AvgIpc) is 2.42. The minimum atomic E-state index is -0.346. The molecule has 1 aliphatic heterocycles. The Kier molecular flexibility index (Phi) is 5.51. The van der Waals surface area contributed by atoms with Gasteiger partial charge in [0.05, 0.1) is 9.40 Å². The molecule has 1 saturated heterocycles. The van der Waals surface area contributed by atoms with Crippen molar-refractivity contribution in [3.8, 4) is 0 Å². The van der Waals surface area contributed by atoms with Crippen molar-refractivity contribution < 1.29 is 4.92 Å². The Morgan fingerprint density at radius 1 is 1.50 bits per heavy atom. The van der Waals surface area contributed by atoms with Crippen molar-refractivity contribution in [1.29, 1.82) is 0 Å². The van der Waals surface area contributed by atoms with Crippen molar-refractivity contribution in [3.05, 3.63) is 38.3 Å². The number of rotatable bonds is 5. The predicted molar refractivity (Wildman–Crippen MR) is 82.5 cm³/mol. The molecule has 0 amide bonds. The van der Waals surface area contributed by atoms with Crippen LogP contribution in [-0.2, 0) is 6.54 Å². The zero-order chi connectivity index (χ0) is 14.5. The van der Waals surface area contributed by atoms with Crippen molar-refractivity contribution in [2.24, 2.45) is 11.7 Å². The number of likely N-dealkylation sites (tertiary alicyclic amines) is 1. The molecule has 5 nitrogen and oxygen atoms in total.